The van der Waals surface area contributed by atoms with Gasteiger partial charge in [-0.15, -0.1) is 0 Å². The van der Waals surface area contributed by atoms with E-state index in [9.17, 15) is 8.78 Å². The Morgan fingerprint density at radius 3 is 2.39 bits per heavy atom. The molecule has 18 heavy (non-hydrogen) atoms. The maximum Gasteiger partial charge on any atom is 0.170 e. The molecule has 0 N–H and O–H groups in total. The second kappa shape index (κ2) is 5.21. The van der Waals surface area contributed by atoms with E-state index in [4.69, 9.17) is 0 Å². The van der Waals surface area contributed by atoms with Crippen LogP contribution in [0.15, 0.2) is 30.6 Å². The van der Waals surface area contributed by atoms with Crippen LogP contribution in [0.5, 0.6) is 0 Å². The van der Waals surface area contributed by atoms with Crippen molar-refractivity contribution in [3.05, 3.63) is 47.8 Å². The molecule has 0 aliphatic rings. The van der Waals surface area contributed by atoms with Crippen molar-refractivity contribution < 1.29 is 8.78 Å². The van der Waals surface area contributed by atoms with E-state index in [0.29, 0.717) is 5.56 Å². The zero-order valence-electron chi connectivity index (χ0n) is 10.3. The summed E-state index contributed by atoms with van der Waals surface area (Å²) in [6.07, 6.45) is 3.77. The van der Waals surface area contributed by atoms with E-state index < -0.39 is 11.6 Å². The van der Waals surface area contributed by atoms with Crippen molar-refractivity contribution in [3.63, 3.8) is 0 Å². The zero-order chi connectivity index (χ0) is 13.1. The normalized spacial score (nSPS) is 12.4. The van der Waals surface area contributed by atoms with E-state index in [1.807, 2.05) is 13.8 Å². The fraction of sp³-hybridized carbons (Fsp3) is 0.286. The predicted octanol–water partition coefficient (Wildman–Crippen LogP) is 3.94. The lowest BCUT2D eigenvalue weighted by Gasteiger charge is -2.12. The molecule has 0 fully saturated rings. The van der Waals surface area contributed by atoms with Crippen molar-refractivity contribution in [2.24, 2.45) is 0 Å². The van der Waals surface area contributed by atoms with Crippen LogP contribution < -0.4 is 0 Å². The van der Waals surface area contributed by atoms with Gasteiger partial charge >= 0.3 is 0 Å². The molecule has 4 heteroatoms. The first-order valence-electron chi connectivity index (χ1n) is 5.90. The van der Waals surface area contributed by atoms with Crippen molar-refractivity contribution in [1.82, 2.24) is 9.97 Å². The molecule has 0 spiro atoms. The van der Waals surface area contributed by atoms with Crippen molar-refractivity contribution in [3.8, 4) is 11.4 Å². The summed E-state index contributed by atoms with van der Waals surface area (Å²) in [7, 11) is 0. The van der Waals surface area contributed by atoms with E-state index in [0.717, 1.165) is 6.42 Å². The first-order valence-corrected chi connectivity index (χ1v) is 5.90. The summed E-state index contributed by atoms with van der Waals surface area (Å²) in [5.41, 5.74) is 0.495. The Labute approximate surface area is 105 Å². The topological polar surface area (TPSA) is 25.8 Å². The molecule has 1 heterocycles. The van der Waals surface area contributed by atoms with Gasteiger partial charge in [-0.1, -0.05) is 19.9 Å². The molecule has 2 rings (SSSR count). The van der Waals surface area contributed by atoms with Crippen LogP contribution >= 0.6 is 0 Å². The Bertz CT molecular complexity index is 541. The van der Waals surface area contributed by atoms with Gasteiger partial charge in [0.2, 0.25) is 0 Å². The molecule has 1 aromatic heterocycles. The fourth-order valence-electron chi connectivity index (χ4n) is 1.78. The fourth-order valence-corrected chi connectivity index (χ4v) is 1.78. The first-order chi connectivity index (χ1) is 8.65. The Morgan fingerprint density at radius 2 is 1.78 bits per heavy atom. The Morgan fingerprint density at radius 1 is 1.11 bits per heavy atom. The molecule has 94 valence electrons. The molecule has 0 unspecified atom stereocenters. The van der Waals surface area contributed by atoms with Crippen LogP contribution in [0.25, 0.3) is 11.4 Å². The first kappa shape index (κ1) is 12.6. The SMILES string of the molecule is CC[C@@H](C)c1ccc(-c2ncccn2)c(F)c1F. The lowest BCUT2D eigenvalue weighted by atomic mass is 9.96. The highest BCUT2D eigenvalue weighted by Crippen LogP contribution is 2.28. The number of rotatable bonds is 3. The van der Waals surface area contributed by atoms with Crippen LogP contribution in [0.1, 0.15) is 31.7 Å². The Kier molecular flexibility index (Phi) is 3.65. The molecular formula is C14H14F2N2. The Hall–Kier alpha value is -1.84. The third-order valence-corrected chi connectivity index (χ3v) is 3.06. The summed E-state index contributed by atoms with van der Waals surface area (Å²) in [5, 5.41) is 0. The molecule has 0 amide bonds. The second-order valence-corrected chi connectivity index (χ2v) is 4.21. The Balaban J connectivity index is 2.51. The number of hydrogen-bond donors (Lipinski definition) is 0. The maximum absolute atomic E-state index is 14.0. The molecule has 0 radical (unpaired) electrons. The highest BCUT2D eigenvalue weighted by atomic mass is 19.2. The standard InChI is InChI=1S/C14H14F2N2/c1-3-9(2)10-5-6-11(13(16)12(10)15)14-17-7-4-8-18-14/h4-9H,3H2,1-2H3/t9-/m1/s1. The molecule has 1 atom stereocenters. The second-order valence-electron chi connectivity index (χ2n) is 4.21. The summed E-state index contributed by atoms with van der Waals surface area (Å²) >= 11 is 0. The molecule has 2 aromatic rings. The van der Waals surface area contributed by atoms with E-state index in [2.05, 4.69) is 9.97 Å². The van der Waals surface area contributed by atoms with E-state index in [1.54, 1.807) is 12.1 Å². The van der Waals surface area contributed by atoms with Crippen molar-refractivity contribution in [2.45, 2.75) is 26.2 Å². The summed E-state index contributed by atoms with van der Waals surface area (Å²) in [6, 6.07) is 4.78. The summed E-state index contributed by atoms with van der Waals surface area (Å²) < 4.78 is 27.9. The third-order valence-electron chi connectivity index (χ3n) is 3.06. The minimum absolute atomic E-state index is 0.00904. The van der Waals surface area contributed by atoms with Gasteiger partial charge in [-0.05, 0) is 30.0 Å². The molecule has 2 nitrogen and oxygen atoms in total. The lowest BCUT2D eigenvalue weighted by Crippen LogP contribution is -2.01. The number of benzene rings is 1. The summed E-state index contributed by atoms with van der Waals surface area (Å²) in [5.74, 6) is -1.48. The quantitative estimate of drug-likeness (QED) is 0.822. The average molecular weight is 248 g/mol. The van der Waals surface area contributed by atoms with E-state index in [1.165, 1.54) is 18.5 Å². The highest BCUT2D eigenvalue weighted by Gasteiger charge is 2.18. The number of nitrogens with zero attached hydrogens (tertiary/aromatic N) is 2. The van der Waals surface area contributed by atoms with Crippen molar-refractivity contribution in [1.29, 1.82) is 0 Å². The summed E-state index contributed by atoms with van der Waals surface area (Å²) in [4.78, 5) is 7.86. The predicted molar refractivity (Wildman–Crippen MR) is 66.1 cm³/mol. The van der Waals surface area contributed by atoms with Gasteiger partial charge in [0.25, 0.3) is 0 Å². The van der Waals surface area contributed by atoms with Crippen LogP contribution in [0.3, 0.4) is 0 Å². The smallest absolute Gasteiger partial charge is 0.170 e. The average Bonchev–Trinajstić information content (AvgIpc) is 2.42. The van der Waals surface area contributed by atoms with E-state index >= 15 is 0 Å². The lowest BCUT2D eigenvalue weighted by molar-refractivity contribution is 0.491. The van der Waals surface area contributed by atoms with Crippen LogP contribution in [0, 0.1) is 11.6 Å². The highest BCUT2D eigenvalue weighted by molar-refractivity contribution is 5.56. The van der Waals surface area contributed by atoms with Gasteiger partial charge in [0, 0.05) is 12.4 Å². The molecule has 0 bridgehead atoms. The van der Waals surface area contributed by atoms with Gasteiger partial charge in [0.15, 0.2) is 17.5 Å². The maximum atomic E-state index is 14.0. The number of halogens is 2. The number of aromatic nitrogens is 2. The van der Waals surface area contributed by atoms with Gasteiger partial charge in [-0.25, -0.2) is 18.7 Å². The van der Waals surface area contributed by atoms with Gasteiger partial charge in [-0.2, -0.15) is 0 Å². The number of hydrogen-bond acceptors (Lipinski definition) is 2. The van der Waals surface area contributed by atoms with Gasteiger partial charge in [0.1, 0.15) is 0 Å². The molecule has 0 saturated carbocycles. The summed E-state index contributed by atoms with van der Waals surface area (Å²) in [6.45, 7) is 3.81. The van der Waals surface area contributed by atoms with Gasteiger partial charge in [-0.3, -0.25) is 0 Å². The monoisotopic (exact) mass is 248 g/mol. The minimum Gasteiger partial charge on any atom is -0.236 e. The van der Waals surface area contributed by atoms with Crippen LogP contribution in [0.4, 0.5) is 8.78 Å². The van der Waals surface area contributed by atoms with E-state index in [-0.39, 0.29) is 17.3 Å². The van der Waals surface area contributed by atoms with Crippen molar-refractivity contribution in [2.75, 3.05) is 0 Å². The third kappa shape index (κ3) is 2.23. The largest absolute Gasteiger partial charge is 0.236 e. The van der Waals surface area contributed by atoms with Crippen LogP contribution in [-0.4, -0.2) is 9.97 Å². The van der Waals surface area contributed by atoms with Gasteiger partial charge < -0.3 is 0 Å². The van der Waals surface area contributed by atoms with Crippen molar-refractivity contribution >= 4 is 0 Å². The molecule has 0 aliphatic carbocycles. The molecule has 0 aliphatic heterocycles. The van der Waals surface area contributed by atoms with Crippen LogP contribution in [0.2, 0.25) is 0 Å². The minimum atomic E-state index is -0.876. The van der Waals surface area contributed by atoms with Gasteiger partial charge in [0.05, 0.1) is 5.56 Å². The molecule has 1 aromatic carbocycles. The van der Waals surface area contributed by atoms with Crippen LogP contribution in [-0.2, 0) is 0 Å². The molecule has 0 saturated heterocycles. The zero-order valence-corrected chi connectivity index (χ0v) is 10.3. The molecular weight excluding hydrogens is 234 g/mol.